The molecule has 0 fully saturated rings. The molecule has 186 valence electrons. The average Bonchev–Trinajstić information content (AvgIpc) is 2.90. The van der Waals surface area contributed by atoms with Crippen LogP contribution in [-0.2, 0) is 4.79 Å². The summed E-state index contributed by atoms with van der Waals surface area (Å²) in [6.45, 7) is 3.93. The lowest BCUT2D eigenvalue weighted by Crippen LogP contribution is -2.20. The van der Waals surface area contributed by atoms with Gasteiger partial charge in [-0.15, -0.1) is 11.8 Å². The van der Waals surface area contributed by atoms with Gasteiger partial charge in [-0.25, -0.2) is 0 Å². The topological polar surface area (TPSA) is 101 Å². The molecule has 0 bridgehead atoms. The Bertz CT molecular complexity index is 1420. The minimum Gasteiger partial charge on any atom is -0.324 e. The summed E-state index contributed by atoms with van der Waals surface area (Å²) >= 11 is 1.38. The number of rotatable bonds is 8. The van der Waals surface area contributed by atoms with E-state index in [1.807, 2.05) is 68.4 Å². The molecule has 1 unspecified atom stereocenters. The molecule has 7 nitrogen and oxygen atoms in total. The summed E-state index contributed by atoms with van der Waals surface area (Å²) < 4.78 is 0. The van der Waals surface area contributed by atoms with Gasteiger partial charge in [-0.05, 0) is 60.9 Å². The Balaban J connectivity index is 1.54. The normalized spacial score (nSPS) is 11.4. The Kier molecular flexibility index (Phi) is 8.00. The highest BCUT2D eigenvalue weighted by molar-refractivity contribution is 8.00. The molecule has 0 aliphatic carbocycles. The standard InChI is InChI=1S/C29H25N3O4S/c1-19-8-6-9-20(2)26(19)31-29(34)27(21-10-4-3-5-11-21)37-25-13-7-12-23(18-25)30-28(33)22-14-16-24(17-15-22)32(35)36/h3-18,27H,1-2H3,(H,30,33)(H,31,34). The lowest BCUT2D eigenvalue weighted by molar-refractivity contribution is -0.384. The van der Waals surface area contributed by atoms with Gasteiger partial charge in [-0.2, -0.15) is 0 Å². The maximum Gasteiger partial charge on any atom is 0.269 e. The molecule has 8 heteroatoms. The first-order valence-electron chi connectivity index (χ1n) is 11.6. The fourth-order valence-electron chi connectivity index (χ4n) is 3.82. The Morgan fingerprint density at radius 1 is 0.811 bits per heavy atom. The summed E-state index contributed by atoms with van der Waals surface area (Å²) in [5.41, 5.74) is 4.41. The third-order valence-corrected chi connectivity index (χ3v) is 7.00. The summed E-state index contributed by atoms with van der Waals surface area (Å²) in [7, 11) is 0. The zero-order chi connectivity index (χ0) is 26.4. The number of benzene rings is 4. The van der Waals surface area contributed by atoms with Gasteiger partial charge >= 0.3 is 0 Å². The third kappa shape index (κ3) is 6.42. The van der Waals surface area contributed by atoms with Crippen molar-refractivity contribution in [1.29, 1.82) is 0 Å². The molecule has 0 heterocycles. The summed E-state index contributed by atoms with van der Waals surface area (Å²) in [6.07, 6.45) is 0. The zero-order valence-electron chi connectivity index (χ0n) is 20.3. The van der Waals surface area contributed by atoms with Crippen molar-refractivity contribution >= 4 is 40.6 Å². The van der Waals surface area contributed by atoms with E-state index in [4.69, 9.17) is 0 Å². The number of para-hydroxylation sites is 1. The van der Waals surface area contributed by atoms with Crippen molar-refractivity contribution in [2.75, 3.05) is 10.6 Å². The van der Waals surface area contributed by atoms with Crippen molar-refractivity contribution in [2.45, 2.75) is 24.0 Å². The summed E-state index contributed by atoms with van der Waals surface area (Å²) in [5.74, 6) is -0.529. The molecule has 2 amide bonds. The van der Waals surface area contributed by atoms with E-state index < -0.39 is 10.2 Å². The third-order valence-electron chi connectivity index (χ3n) is 5.76. The van der Waals surface area contributed by atoms with Gasteiger partial charge in [0.25, 0.3) is 11.6 Å². The zero-order valence-corrected chi connectivity index (χ0v) is 21.1. The van der Waals surface area contributed by atoms with Crippen LogP contribution in [0, 0.1) is 24.0 Å². The van der Waals surface area contributed by atoms with Crippen LogP contribution in [0.2, 0.25) is 0 Å². The number of nitro groups is 1. The number of carbonyl (C=O) groups is 2. The lowest BCUT2D eigenvalue weighted by Gasteiger charge is -2.19. The predicted octanol–water partition coefficient (Wildman–Crippen LogP) is 6.94. The number of non-ortho nitro benzene ring substituents is 1. The van der Waals surface area contributed by atoms with Crippen LogP contribution in [0.3, 0.4) is 0 Å². The first-order chi connectivity index (χ1) is 17.8. The van der Waals surface area contributed by atoms with Gasteiger partial charge < -0.3 is 10.6 Å². The van der Waals surface area contributed by atoms with Gasteiger partial charge in [-0.3, -0.25) is 19.7 Å². The fraction of sp³-hybridized carbons (Fsp3) is 0.103. The number of aryl methyl sites for hydroxylation is 2. The maximum atomic E-state index is 13.5. The molecule has 0 aliphatic heterocycles. The van der Waals surface area contributed by atoms with E-state index in [1.165, 1.54) is 36.0 Å². The number of carbonyl (C=O) groups excluding carboxylic acids is 2. The molecule has 0 aliphatic rings. The van der Waals surface area contributed by atoms with Crippen LogP contribution in [0.5, 0.6) is 0 Å². The molecule has 0 spiro atoms. The largest absolute Gasteiger partial charge is 0.324 e. The number of nitrogens with one attached hydrogen (secondary N) is 2. The van der Waals surface area contributed by atoms with Crippen molar-refractivity contribution in [1.82, 2.24) is 0 Å². The number of thioether (sulfide) groups is 1. The van der Waals surface area contributed by atoms with Crippen LogP contribution in [0.15, 0.2) is 102 Å². The van der Waals surface area contributed by atoms with E-state index in [-0.39, 0.29) is 17.5 Å². The van der Waals surface area contributed by atoms with Crippen molar-refractivity contribution in [3.8, 4) is 0 Å². The highest BCUT2D eigenvalue weighted by Crippen LogP contribution is 2.37. The predicted molar refractivity (Wildman–Crippen MR) is 147 cm³/mol. The number of hydrogen-bond donors (Lipinski definition) is 2. The van der Waals surface area contributed by atoms with Crippen molar-refractivity contribution in [3.05, 3.63) is 129 Å². The van der Waals surface area contributed by atoms with Gasteiger partial charge in [0.1, 0.15) is 5.25 Å². The molecule has 2 N–H and O–H groups in total. The molecule has 37 heavy (non-hydrogen) atoms. The van der Waals surface area contributed by atoms with E-state index >= 15 is 0 Å². The Hall–Kier alpha value is -4.43. The minimum atomic E-state index is -0.527. The average molecular weight is 512 g/mol. The number of nitrogens with zero attached hydrogens (tertiary/aromatic N) is 1. The second kappa shape index (κ2) is 11.5. The number of hydrogen-bond acceptors (Lipinski definition) is 5. The first-order valence-corrected chi connectivity index (χ1v) is 12.4. The summed E-state index contributed by atoms with van der Waals surface area (Å²) in [4.78, 5) is 37.3. The Morgan fingerprint density at radius 2 is 1.46 bits per heavy atom. The van der Waals surface area contributed by atoms with Crippen molar-refractivity contribution in [3.63, 3.8) is 0 Å². The van der Waals surface area contributed by atoms with E-state index in [0.29, 0.717) is 11.3 Å². The monoisotopic (exact) mass is 511 g/mol. The van der Waals surface area contributed by atoms with Gasteiger partial charge in [0.2, 0.25) is 5.91 Å². The highest BCUT2D eigenvalue weighted by Gasteiger charge is 2.23. The van der Waals surface area contributed by atoms with Crippen molar-refractivity contribution in [2.24, 2.45) is 0 Å². The summed E-state index contributed by atoms with van der Waals surface area (Å²) in [6, 6.07) is 28.1. The molecule has 0 saturated heterocycles. The smallest absolute Gasteiger partial charge is 0.269 e. The van der Waals surface area contributed by atoms with Crippen LogP contribution in [0.1, 0.15) is 32.3 Å². The van der Waals surface area contributed by atoms with Crippen LogP contribution in [-0.4, -0.2) is 16.7 Å². The SMILES string of the molecule is Cc1cccc(C)c1NC(=O)C(Sc1cccc(NC(=O)c2ccc([N+](=O)[O-])cc2)c1)c1ccccc1. The molecular formula is C29H25N3O4S. The Labute approximate surface area is 219 Å². The molecule has 1 atom stereocenters. The van der Waals surface area contributed by atoms with Crippen molar-refractivity contribution < 1.29 is 14.5 Å². The fourth-order valence-corrected chi connectivity index (χ4v) is 4.91. The highest BCUT2D eigenvalue weighted by atomic mass is 32.2. The van der Waals surface area contributed by atoms with E-state index in [1.54, 1.807) is 18.2 Å². The number of anilines is 2. The lowest BCUT2D eigenvalue weighted by atomic mass is 10.1. The van der Waals surface area contributed by atoms with Gasteiger partial charge in [-0.1, -0.05) is 54.6 Å². The molecular weight excluding hydrogens is 486 g/mol. The van der Waals surface area contributed by atoms with Gasteiger partial charge in [0.15, 0.2) is 0 Å². The number of amides is 2. The van der Waals surface area contributed by atoms with Gasteiger partial charge in [0, 0.05) is 34.0 Å². The van der Waals surface area contributed by atoms with Crippen LogP contribution >= 0.6 is 11.8 Å². The second-order valence-electron chi connectivity index (χ2n) is 8.45. The minimum absolute atomic E-state index is 0.0823. The van der Waals surface area contributed by atoms with Crippen LogP contribution in [0.4, 0.5) is 17.1 Å². The molecule has 0 radical (unpaired) electrons. The molecule has 4 aromatic carbocycles. The number of nitro benzene ring substituents is 1. The van der Waals surface area contributed by atoms with E-state index in [2.05, 4.69) is 10.6 Å². The molecule has 0 aromatic heterocycles. The van der Waals surface area contributed by atoms with E-state index in [0.717, 1.165) is 27.3 Å². The quantitative estimate of drug-likeness (QED) is 0.152. The first kappa shape index (κ1) is 25.7. The second-order valence-corrected chi connectivity index (χ2v) is 9.63. The molecule has 4 aromatic rings. The van der Waals surface area contributed by atoms with Crippen LogP contribution < -0.4 is 10.6 Å². The Morgan fingerprint density at radius 3 is 2.11 bits per heavy atom. The molecule has 4 rings (SSSR count). The summed E-state index contributed by atoms with van der Waals surface area (Å²) in [5, 5.41) is 16.3. The maximum absolute atomic E-state index is 13.5. The van der Waals surface area contributed by atoms with Gasteiger partial charge in [0.05, 0.1) is 4.92 Å². The molecule has 0 saturated carbocycles. The van der Waals surface area contributed by atoms with E-state index in [9.17, 15) is 19.7 Å². The van der Waals surface area contributed by atoms with Crippen LogP contribution in [0.25, 0.3) is 0 Å².